The number of pyridine rings is 1. The molecule has 1 aliphatic rings. The number of nitrogen functional groups attached to an aromatic ring is 1. The van der Waals surface area contributed by atoms with E-state index in [2.05, 4.69) is 16.9 Å². The third-order valence-electron chi connectivity index (χ3n) is 3.40. The average Bonchev–Trinajstić information content (AvgIpc) is 2.66. The molecule has 0 bridgehead atoms. The second-order valence-corrected chi connectivity index (χ2v) is 4.80. The Hall–Kier alpha value is -1.62. The molecule has 17 heavy (non-hydrogen) atoms. The molecule has 2 aromatic rings. The fourth-order valence-electron chi connectivity index (χ4n) is 2.56. The Morgan fingerprint density at radius 3 is 3.18 bits per heavy atom. The highest BCUT2D eigenvalue weighted by Gasteiger charge is 2.33. The van der Waals surface area contributed by atoms with Crippen LogP contribution in [-0.2, 0) is 10.3 Å². The number of aromatic nitrogens is 3. The van der Waals surface area contributed by atoms with E-state index in [9.17, 15) is 0 Å². The Morgan fingerprint density at radius 2 is 2.41 bits per heavy atom. The molecule has 2 N–H and O–H groups in total. The number of nitrogens with two attached hydrogens (primary N) is 1. The highest BCUT2D eigenvalue weighted by molar-refractivity contribution is 5.74. The van der Waals surface area contributed by atoms with Gasteiger partial charge in [0.15, 0.2) is 5.65 Å². The molecule has 1 atom stereocenters. The summed E-state index contributed by atoms with van der Waals surface area (Å²) in [6, 6.07) is 3.81. The number of hydrogen-bond acceptors (Lipinski definition) is 4. The summed E-state index contributed by atoms with van der Waals surface area (Å²) in [5.41, 5.74) is 7.58. The van der Waals surface area contributed by atoms with Gasteiger partial charge in [0.25, 0.3) is 0 Å². The monoisotopic (exact) mass is 232 g/mol. The second-order valence-electron chi connectivity index (χ2n) is 4.80. The number of anilines is 1. The van der Waals surface area contributed by atoms with Crippen LogP contribution < -0.4 is 5.73 Å². The van der Waals surface area contributed by atoms with Crippen LogP contribution in [0.3, 0.4) is 0 Å². The van der Waals surface area contributed by atoms with E-state index in [1.54, 1.807) is 6.20 Å². The minimum absolute atomic E-state index is 0.133. The quantitative estimate of drug-likeness (QED) is 0.810. The molecule has 0 saturated carbocycles. The van der Waals surface area contributed by atoms with Gasteiger partial charge in [0.1, 0.15) is 5.52 Å². The van der Waals surface area contributed by atoms with Gasteiger partial charge in [-0.25, -0.2) is 9.97 Å². The van der Waals surface area contributed by atoms with Crippen molar-refractivity contribution in [3.63, 3.8) is 0 Å². The van der Waals surface area contributed by atoms with E-state index in [-0.39, 0.29) is 5.54 Å². The Bertz CT molecular complexity index is 542. The van der Waals surface area contributed by atoms with E-state index < -0.39 is 0 Å². The Morgan fingerprint density at radius 1 is 1.53 bits per heavy atom. The van der Waals surface area contributed by atoms with Gasteiger partial charge in [-0.1, -0.05) is 0 Å². The predicted molar refractivity (Wildman–Crippen MR) is 65.6 cm³/mol. The lowest BCUT2D eigenvalue weighted by Gasteiger charge is -2.35. The summed E-state index contributed by atoms with van der Waals surface area (Å²) < 4.78 is 7.60. The van der Waals surface area contributed by atoms with Crippen LogP contribution in [0.25, 0.3) is 11.2 Å². The van der Waals surface area contributed by atoms with Gasteiger partial charge < -0.3 is 10.5 Å². The van der Waals surface area contributed by atoms with Crippen molar-refractivity contribution in [2.75, 3.05) is 18.9 Å². The maximum absolute atomic E-state index is 6.03. The van der Waals surface area contributed by atoms with Gasteiger partial charge in [-0.15, -0.1) is 0 Å². The smallest absolute Gasteiger partial charge is 0.203 e. The van der Waals surface area contributed by atoms with Crippen LogP contribution >= 0.6 is 0 Å². The predicted octanol–water partition coefficient (Wildman–Crippen LogP) is 1.54. The van der Waals surface area contributed by atoms with Crippen LogP contribution in [0.1, 0.15) is 19.8 Å². The zero-order valence-electron chi connectivity index (χ0n) is 9.89. The average molecular weight is 232 g/mol. The normalized spacial score (nSPS) is 25.2. The van der Waals surface area contributed by atoms with Crippen LogP contribution in [0.5, 0.6) is 0 Å². The highest BCUT2D eigenvalue weighted by Crippen LogP contribution is 2.32. The number of ether oxygens (including phenoxy) is 1. The first kappa shape index (κ1) is 10.5. The van der Waals surface area contributed by atoms with Crippen LogP contribution in [0, 0.1) is 0 Å². The first-order valence-corrected chi connectivity index (χ1v) is 5.88. The molecule has 2 aromatic heterocycles. The molecule has 3 rings (SSSR count). The van der Waals surface area contributed by atoms with E-state index in [0.717, 1.165) is 30.6 Å². The Kier molecular flexibility index (Phi) is 2.29. The molecule has 3 heterocycles. The van der Waals surface area contributed by atoms with Crippen molar-refractivity contribution in [3.05, 3.63) is 18.3 Å². The van der Waals surface area contributed by atoms with Crippen molar-refractivity contribution in [1.82, 2.24) is 14.5 Å². The lowest BCUT2D eigenvalue weighted by Crippen LogP contribution is -2.39. The number of hydrogen-bond donors (Lipinski definition) is 1. The fraction of sp³-hybridized carbons (Fsp3) is 0.500. The number of rotatable bonds is 1. The van der Waals surface area contributed by atoms with Gasteiger partial charge in [0, 0.05) is 12.8 Å². The van der Waals surface area contributed by atoms with Crippen LogP contribution in [-0.4, -0.2) is 27.7 Å². The van der Waals surface area contributed by atoms with E-state index in [1.807, 2.05) is 16.7 Å². The molecule has 1 unspecified atom stereocenters. The molecular formula is C12H16N4O. The zero-order chi connectivity index (χ0) is 11.9. The van der Waals surface area contributed by atoms with E-state index >= 15 is 0 Å². The fourth-order valence-corrected chi connectivity index (χ4v) is 2.56. The van der Waals surface area contributed by atoms with Crippen molar-refractivity contribution in [2.24, 2.45) is 0 Å². The topological polar surface area (TPSA) is 66.0 Å². The van der Waals surface area contributed by atoms with Gasteiger partial charge >= 0.3 is 0 Å². The van der Waals surface area contributed by atoms with Crippen molar-refractivity contribution < 1.29 is 4.74 Å². The van der Waals surface area contributed by atoms with Crippen LogP contribution in [0.4, 0.5) is 5.95 Å². The maximum atomic E-state index is 6.03. The summed E-state index contributed by atoms with van der Waals surface area (Å²) in [5.74, 6) is 0.520. The standard InChI is InChI=1S/C12H16N4O/c1-12(5-3-7-17-8-12)16-10-9(15-11(16)13)4-2-6-14-10/h2,4,6H,3,5,7-8H2,1H3,(H2,13,15). The van der Waals surface area contributed by atoms with Crippen molar-refractivity contribution in [2.45, 2.75) is 25.3 Å². The third-order valence-corrected chi connectivity index (χ3v) is 3.40. The first-order valence-electron chi connectivity index (χ1n) is 5.88. The molecule has 0 aromatic carbocycles. The zero-order valence-corrected chi connectivity index (χ0v) is 9.89. The van der Waals surface area contributed by atoms with Gasteiger partial charge in [-0.05, 0) is 31.9 Å². The molecule has 0 radical (unpaired) electrons. The highest BCUT2D eigenvalue weighted by atomic mass is 16.5. The van der Waals surface area contributed by atoms with Crippen molar-refractivity contribution in [1.29, 1.82) is 0 Å². The van der Waals surface area contributed by atoms with Crippen molar-refractivity contribution >= 4 is 17.1 Å². The molecule has 0 spiro atoms. The summed E-state index contributed by atoms with van der Waals surface area (Å²) in [5, 5.41) is 0. The van der Waals surface area contributed by atoms with Crippen LogP contribution in [0.15, 0.2) is 18.3 Å². The third kappa shape index (κ3) is 1.58. The molecule has 1 aliphatic heterocycles. The van der Waals surface area contributed by atoms with Gasteiger partial charge in [0.05, 0.1) is 12.1 Å². The lowest BCUT2D eigenvalue weighted by molar-refractivity contribution is 0.0122. The van der Waals surface area contributed by atoms with Gasteiger partial charge in [-0.2, -0.15) is 0 Å². The van der Waals surface area contributed by atoms with Gasteiger partial charge in [0.2, 0.25) is 5.95 Å². The van der Waals surface area contributed by atoms with Crippen LogP contribution in [0.2, 0.25) is 0 Å². The van der Waals surface area contributed by atoms with E-state index in [0.29, 0.717) is 12.6 Å². The SMILES string of the molecule is CC1(n2c(N)nc3cccnc32)CCCOC1. The molecule has 90 valence electrons. The Labute approximate surface area is 99.6 Å². The summed E-state index contributed by atoms with van der Waals surface area (Å²) in [6.07, 6.45) is 3.86. The van der Waals surface area contributed by atoms with Crippen molar-refractivity contribution in [3.8, 4) is 0 Å². The molecule has 0 amide bonds. The lowest BCUT2D eigenvalue weighted by atomic mass is 9.94. The number of fused-ring (bicyclic) bond motifs is 1. The first-order chi connectivity index (χ1) is 8.21. The molecular weight excluding hydrogens is 216 g/mol. The van der Waals surface area contributed by atoms with E-state index in [1.165, 1.54) is 0 Å². The summed E-state index contributed by atoms with van der Waals surface area (Å²) >= 11 is 0. The summed E-state index contributed by atoms with van der Waals surface area (Å²) in [6.45, 7) is 3.65. The minimum Gasteiger partial charge on any atom is -0.379 e. The number of imidazole rings is 1. The number of nitrogens with zero attached hydrogens (tertiary/aromatic N) is 3. The van der Waals surface area contributed by atoms with E-state index in [4.69, 9.17) is 10.5 Å². The molecule has 1 saturated heterocycles. The molecule has 1 fully saturated rings. The Balaban J connectivity index is 2.18. The second kappa shape index (κ2) is 3.70. The summed E-state index contributed by atoms with van der Waals surface area (Å²) in [7, 11) is 0. The molecule has 5 nitrogen and oxygen atoms in total. The summed E-state index contributed by atoms with van der Waals surface area (Å²) in [4.78, 5) is 8.74. The maximum Gasteiger partial charge on any atom is 0.203 e. The minimum atomic E-state index is -0.133. The largest absolute Gasteiger partial charge is 0.379 e. The molecule has 5 heteroatoms. The van der Waals surface area contributed by atoms with Gasteiger partial charge in [-0.3, -0.25) is 4.57 Å². The molecule has 0 aliphatic carbocycles.